The molecule has 3 aromatic carbocycles. The Morgan fingerprint density at radius 2 is 1.63 bits per heavy atom. The predicted octanol–water partition coefficient (Wildman–Crippen LogP) is 6.50. The Morgan fingerprint density at radius 3 is 2.37 bits per heavy atom. The maximum absolute atomic E-state index is 13.4. The summed E-state index contributed by atoms with van der Waals surface area (Å²) in [6.45, 7) is 4.15. The second-order valence-corrected chi connectivity index (χ2v) is 6.78. The smallest absolute Gasteiger partial charge is 0.246 e. The van der Waals surface area contributed by atoms with Crippen LogP contribution >= 0.6 is 11.6 Å². The van der Waals surface area contributed by atoms with E-state index < -0.39 is 5.82 Å². The lowest BCUT2D eigenvalue weighted by atomic mass is 10.0. The lowest BCUT2D eigenvalue weighted by molar-refractivity contribution is 0.460. The van der Waals surface area contributed by atoms with Crippen molar-refractivity contribution in [1.82, 2.24) is 10.2 Å². The Balaban J connectivity index is 1.82. The van der Waals surface area contributed by atoms with Crippen LogP contribution in [0, 0.1) is 19.7 Å². The van der Waals surface area contributed by atoms with Crippen LogP contribution in [-0.4, -0.2) is 10.2 Å². The molecule has 0 saturated carbocycles. The van der Waals surface area contributed by atoms with Gasteiger partial charge in [0.2, 0.25) is 5.88 Å². The van der Waals surface area contributed by atoms with Gasteiger partial charge in [-0.25, -0.2) is 4.39 Å². The van der Waals surface area contributed by atoms with Crippen molar-refractivity contribution in [1.29, 1.82) is 0 Å². The van der Waals surface area contributed by atoms with Gasteiger partial charge < -0.3 is 4.74 Å². The summed E-state index contributed by atoms with van der Waals surface area (Å²) in [5.74, 6) is 0.255. The van der Waals surface area contributed by atoms with Crippen molar-refractivity contribution in [3.63, 3.8) is 0 Å². The molecular formula is C22H16ClFN2O. The van der Waals surface area contributed by atoms with Crippen LogP contribution in [0.25, 0.3) is 22.0 Å². The average Bonchev–Trinajstić information content (AvgIpc) is 2.67. The Morgan fingerprint density at radius 1 is 0.852 bits per heavy atom. The van der Waals surface area contributed by atoms with E-state index in [-0.39, 0.29) is 5.02 Å². The SMILES string of the molecule is Cc1ccc(-c2nnc(Oc3ccc(F)c(Cl)c3)c3ccccc23)cc1C. The van der Waals surface area contributed by atoms with E-state index >= 15 is 0 Å². The largest absolute Gasteiger partial charge is 0.437 e. The Kier molecular flexibility index (Phi) is 4.50. The van der Waals surface area contributed by atoms with Crippen LogP contribution in [0.3, 0.4) is 0 Å². The number of aryl methyl sites for hydroxylation is 2. The standard InChI is InChI=1S/C22H16ClFN2O/c1-13-7-8-15(11-14(13)2)21-17-5-3-4-6-18(17)22(26-25-21)27-16-9-10-20(24)19(23)12-16/h3-12H,1-2H3. The first-order valence-electron chi connectivity index (χ1n) is 8.49. The van der Waals surface area contributed by atoms with Gasteiger partial charge in [0.1, 0.15) is 17.3 Å². The Bertz CT molecular complexity index is 1160. The minimum absolute atomic E-state index is 0.00323. The van der Waals surface area contributed by atoms with Gasteiger partial charge in [-0.2, -0.15) is 0 Å². The maximum atomic E-state index is 13.4. The zero-order chi connectivity index (χ0) is 19.0. The average molecular weight is 379 g/mol. The lowest BCUT2D eigenvalue weighted by Gasteiger charge is -2.11. The van der Waals surface area contributed by atoms with Gasteiger partial charge in [0.05, 0.1) is 5.02 Å². The molecule has 1 aromatic heterocycles. The number of halogens is 2. The van der Waals surface area contributed by atoms with E-state index in [1.54, 1.807) is 0 Å². The van der Waals surface area contributed by atoms with Crippen molar-refractivity contribution in [3.8, 4) is 22.9 Å². The van der Waals surface area contributed by atoms with Gasteiger partial charge in [-0.3, -0.25) is 0 Å². The van der Waals surface area contributed by atoms with Gasteiger partial charge in [0.15, 0.2) is 0 Å². The van der Waals surface area contributed by atoms with Crippen molar-refractivity contribution in [3.05, 3.63) is 82.6 Å². The fraction of sp³-hybridized carbons (Fsp3) is 0.0909. The monoisotopic (exact) mass is 378 g/mol. The third-order valence-electron chi connectivity index (χ3n) is 4.54. The fourth-order valence-electron chi connectivity index (χ4n) is 2.91. The number of fused-ring (bicyclic) bond motifs is 1. The molecule has 0 fully saturated rings. The fourth-order valence-corrected chi connectivity index (χ4v) is 3.08. The zero-order valence-electron chi connectivity index (χ0n) is 14.8. The molecule has 0 saturated heterocycles. The van der Waals surface area contributed by atoms with Crippen LogP contribution in [0.15, 0.2) is 60.7 Å². The number of aromatic nitrogens is 2. The van der Waals surface area contributed by atoms with Gasteiger partial charge in [-0.05, 0) is 49.2 Å². The Labute approximate surface area is 161 Å². The van der Waals surface area contributed by atoms with Crippen LogP contribution in [0.1, 0.15) is 11.1 Å². The third-order valence-corrected chi connectivity index (χ3v) is 4.83. The number of hydrogen-bond acceptors (Lipinski definition) is 3. The molecule has 0 aliphatic rings. The summed E-state index contributed by atoms with van der Waals surface area (Å²) in [5.41, 5.74) is 4.21. The van der Waals surface area contributed by atoms with Gasteiger partial charge in [0.25, 0.3) is 0 Å². The van der Waals surface area contributed by atoms with E-state index in [0.29, 0.717) is 11.6 Å². The molecule has 0 radical (unpaired) electrons. The van der Waals surface area contributed by atoms with Gasteiger partial charge in [-0.15, -0.1) is 10.2 Å². The van der Waals surface area contributed by atoms with Crippen molar-refractivity contribution >= 4 is 22.4 Å². The molecule has 27 heavy (non-hydrogen) atoms. The van der Waals surface area contributed by atoms with Crippen LogP contribution < -0.4 is 4.74 Å². The van der Waals surface area contributed by atoms with Crippen molar-refractivity contribution in [2.45, 2.75) is 13.8 Å². The Hall–Kier alpha value is -2.98. The summed E-state index contributed by atoms with van der Waals surface area (Å²) in [4.78, 5) is 0. The van der Waals surface area contributed by atoms with E-state index in [4.69, 9.17) is 16.3 Å². The molecule has 0 aliphatic heterocycles. The number of hydrogen-bond donors (Lipinski definition) is 0. The van der Waals surface area contributed by atoms with Crippen LogP contribution in [-0.2, 0) is 0 Å². The predicted molar refractivity (Wildman–Crippen MR) is 106 cm³/mol. The van der Waals surface area contributed by atoms with Crippen molar-refractivity contribution in [2.24, 2.45) is 0 Å². The molecule has 4 rings (SSSR count). The van der Waals surface area contributed by atoms with E-state index in [2.05, 4.69) is 36.2 Å². The second-order valence-electron chi connectivity index (χ2n) is 6.38. The topological polar surface area (TPSA) is 35.0 Å². The van der Waals surface area contributed by atoms with Gasteiger partial charge >= 0.3 is 0 Å². The molecule has 0 N–H and O–H groups in total. The van der Waals surface area contributed by atoms with E-state index in [1.807, 2.05) is 30.3 Å². The summed E-state index contributed by atoms with van der Waals surface area (Å²) in [7, 11) is 0. The summed E-state index contributed by atoms with van der Waals surface area (Å²) in [6, 6.07) is 18.2. The first kappa shape index (κ1) is 17.4. The minimum Gasteiger partial charge on any atom is -0.437 e. The molecule has 1 heterocycles. The van der Waals surface area contributed by atoms with E-state index in [9.17, 15) is 4.39 Å². The summed E-state index contributed by atoms with van der Waals surface area (Å²) < 4.78 is 19.2. The zero-order valence-corrected chi connectivity index (χ0v) is 15.6. The van der Waals surface area contributed by atoms with Crippen LogP contribution in [0.2, 0.25) is 5.02 Å². The highest BCUT2D eigenvalue weighted by atomic mass is 35.5. The molecule has 0 aliphatic carbocycles. The molecular weight excluding hydrogens is 363 g/mol. The van der Waals surface area contributed by atoms with E-state index in [0.717, 1.165) is 22.0 Å². The normalized spacial score (nSPS) is 11.0. The van der Waals surface area contributed by atoms with Crippen molar-refractivity contribution < 1.29 is 9.13 Å². The van der Waals surface area contributed by atoms with Crippen LogP contribution in [0.5, 0.6) is 11.6 Å². The summed E-state index contributed by atoms with van der Waals surface area (Å²) >= 11 is 5.84. The number of rotatable bonds is 3. The summed E-state index contributed by atoms with van der Waals surface area (Å²) in [5, 5.41) is 10.4. The first-order chi connectivity index (χ1) is 13.0. The molecule has 0 amide bonds. The first-order valence-corrected chi connectivity index (χ1v) is 8.86. The minimum atomic E-state index is -0.495. The van der Waals surface area contributed by atoms with Gasteiger partial charge in [0, 0.05) is 22.4 Å². The molecule has 134 valence electrons. The van der Waals surface area contributed by atoms with Gasteiger partial charge in [-0.1, -0.05) is 41.9 Å². The molecule has 0 bridgehead atoms. The highest BCUT2D eigenvalue weighted by molar-refractivity contribution is 6.30. The molecule has 5 heteroatoms. The molecule has 0 unspecified atom stereocenters. The number of benzene rings is 3. The molecule has 0 spiro atoms. The molecule has 0 atom stereocenters. The second kappa shape index (κ2) is 6.97. The molecule has 4 aromatic rings. The summed E-state index contributed by atoms with van der Waals surface area (Å²) in [6.07, 6.45) is 0. The van der Waals surface area contributed by atoms with E-state index in [1.165, 1.54) is 29.3 Å². The number of ether oxygens (including phenoxy) is 1. The highest BCUT2D eigenvalue weighted by Crippen LogP contribution is 2.34. The maximum Gasteiger partial charge on any atom is 0.246 e. The third kappa shape index (κ3) is 3.36. The van der Waals surface area contributed by atoms with Crippen molar-refractivity contribution in [2.75, 3.05) is 0 Å². The highest BCUT2D eigenvalue weighted by Gasteiger charge is 2.13. The number of nitrogens with zero attached hydrogens (tertiary/aromatic N) is 2. The lowest BCUT2D eigenvalue weighted by Crippen LogP contribution is -1.96. The quantitative estimate of drug-likeness (QED) is 0.408. The van der Waals surface area contributed by atoms with Crippen LogP contribution in [0.4, 0.5) is 4.39 Å². The molecule has 3 nitrogen and oxygen atoms in total.